The summed E-state index contributed by atoms with van der Waals surface area (Å²) in [6, 6.07) is 2.18. The van der Waals surface area contributed by atoms with E-state index >= 15 is 0 Å². The third-order valence-corrected chi connectivity index (χ3v) is 5.24. The highest BCUT2D eigenvalue weighted by molar-refractivity contribution is 5.92. The van der Waals surface area contributed by atoms with E-state index in [0.717, 1.165) is 38.5 Å². The van der Waals surface area contributed by atoms with Crippen LogP contribution in [-0.4, -0.2) is 28.9 Å². The smallest absolute Gasteiger partial charge is 0.289 e. The first-order chi connectivity index (χ1) is 12.5. The minimum absolute atomic E-state index is 0.0717. The number of nitrogens with one attached hydrogen (secondary N) is 2. The highest BCUT2D eigenvalue weighted by atomic mass is 16.4. The van der Waals surface area contributed by atoms with Gasteiger partial charge in [0.1, 0.15) is 5.92 Å². The third kappa shape index (κ3) is 4.24. The molecule has 2 aliphatic rings. The monoisotopic (exact) mass is 358 g/mol. The fraction of sp³-hybridized carbons (Fsp3) is 0.684. The molecule has 2 fully saturated rings. The number of aromatic nitrogens is 1. The van der Waals surface area contributed by atoms with Gasteiger partial charge in [0.25, 0.3) is 5.91 Å². The van der Waals surface area contributed by atoms with Gasteiger partial charge in [-0.1, -0.05) is 6.92 Å². The largest absolute Gasteiger partial charge is 0.435 e. The van der Waals surface area contributed by atoms with E-state index in [1.54, 1.807) is 6.92 Å². The van der Waals surface area contributed by atoms with Crippen molar-refractivity contribution in [3.63, 3.8) is 0 Å². The van der Waals surface area contributed by atoms with Gasteiger partial charge in [0.2, 0.25) is 11.7 Å². The van der Waals surface area contributed by atoms with Gasteiger partial charge in [0, 0.05) is 18.0 Å². The topological polar surface area (TPSA) is 108 Å². The molecule has 7 nitrogen and oxygen atoms in total. The summed E-state index contributed by atoms with van der Waals surface area (Å²) >= 11 is 0. The lowest BCUT2D eigenvalue weighted by atomic mass is 9.90. The molecule has 140 valence electrons. The molecule has 7 heteroatoms. The Morgan fingerprint density at radius 2 is 1.81 bits per heavy atom. The van der Waals surface area contributed by atoms with Crippen molar-refractivity contribution in [2.45, 2.75) is 76.8 Å². The van der Waals surface area contributed by atoms with Crippen LogP contribution in [0.4, 0.5) is 0 Å². The molecule has 2 amide bonds. The molecule has 1 aromatic heterocycles. The summed E-state index contributed by atoms with van der Waals surface area (Å²) in [5, 5.41) is 15.0. The maximum absolute atomic E-state index is 12.5. The first kappa shape index (κ1) is 18.4. The molecule has 0 aliphatic heterocycles. The molecule has 1 heterocycles. The Morgan fingerprint density at radius 1 is 1.19 bits per heavy atom. The first-order valence-corrected chi connectivity index (χ1v) is 9.50. The number of nitrogens with zero attached hydrogens (tertiary/aromatic N) is 2. The van der Waals surface area contributed by atoms with E-state index in [0.29, 0.717) is 29.7 Å². The standard InChI is InChI=1S/C19H26N4O3/c1-3-12(10-20)17(24)22-14-6-8-15(9-7-14)23-18(25)16-11(2)21-19(26-16)13-4-5-13/h12-15H,3-9H2,1-2H3,(H,22,24)(H,23,25). The molecule has 3 rings (SSSR count). The molecule has 2 saturated carbocycles. The zero-order chi connectivity index (χ0) is 18.7. The maximum Gasteiger partial charge on any atom is 0.289 e. The highest BCUT2D eigenvalue weighted by Crippen LogP contribution is 2.40. The van der Waals surface area contributed by atoms with Crippen LogP contribution in [0.5, 0.6) is 0 Å². The summed E-state index contributed by atoms with van der Waals surface area (Å²) in [6.07, 6.45) is 5.86. The predicted octanol–water partition coefficient (Wildman–Crippen LogP) is 2.57. The van der Waals surface area contributed by atoms with Crippen LogP contribution in [0, 0.1) is 24.2 Å². The SMILES string of the molecule is CCC(C#N)C(=O)NC1CCC(NC(=O)c2oc(C3CC3)nc2C)CC1. The Bertz CT molecular complexity index is 709. The van der Waals surface area contributed by atoms with Crippen LogP contribution < -0.4 is 10.6 Å². The van der Waals surface area contributed by atoms with E-state index in [9.17, 15) is 9.59 Å². The molecule has 2 aliphatic carbocycles. The molecule has 1 aromatic rings. The van der Waals surface area contributed by atoms with Gasteiger partial charge < -0.3 is 15.1 Å². The lowest BCUT2D eigenvalue weighted by Gasteiger charge is -2.29. The van der Waals surface area contributed by atoms with Crippen molar-refractivity contribution >= 4 is 11.8 Å². The first-order valence-electron chi connectivity index (χ1n) is 9.50. The molecule has 0 bridgehead atoms. The van der Waals surface area contributed by atoms with Crippen molar-refractivity contribution < 1.29 is 14.0 Å². The Kier molecular flexibility index (Phi) is 5.60. The van der Waals surface area contributed by atoms with E-state index in [2.05, 4.69) is 15.6 Å². The van der Waals surface area contributed by atoms with Gasteiger partial charge in [-0.3, -0.25) is 9.59 Å². The van der Waals surface area contributed by atoms with Gasteiger partial charge in [-0.05, 0) is 51.9 Å². The summed E-state index contributed by atoms with van der Waals surface area (Å²) in [5.41, 5.74) is 0.646. The van der Waals surface area contributed by atoms with Crippen molar-refractivity contribution in [3.05, 3.63) is 17.3 Å². The lowest BCUT2D eigenvalue weighted by molar-refractivity contribution is -0.124. The van der Waals surface area contributed by atoms with Gasteiger partial charge in [-0.15, -0.1) is 0 Å². The fourth-order valence-corrected chi connectivity index (χ4v) is 3.40. The molecule has 1 atom stereocenters. The molecular weight excluding hydrogens is 332 g/mol. The second kappa shape index (κ2) is 7.90. The van der Waals surface area contributed by atoms with Gasteiger partial charge in [0.15, 0.2) is 5.89 Å². The lowest BCUT2D eigenvalue weighted by Crippen LogP contribution is -2.45. The van der Waals surface area contributed by atoms with Crippen LogP contribution >= 0.6 is 0 Å². The van der Waals surface area contributed by atoms with Gasteiger partial charge in [-0.25, -0.2) is 4.98 Å². The average molecular weight is 358 g/mol. The summed E-state index contributed by atoms with van der Waals surface area (Å²) in [4.78, 5) is 28.8. The van der Waals surface area contributed by atoms with Crippen molar-refractivity contribution in [1.29, 1.82) is 5.26 Å². The molecule has 26 heavy (non-hydrogen) atoms. The highest BCUT2D eigenvalue weighted by Gasteiger charge is 2.32. The molecule has 0 radical (unpaired) electrons. The van der Waals surface area contributed by atoms with Crippen LogP contribution in [0.25, 0.3) is 0 Å². The Balaban J connectivity index is 1.47. The predicted molar refractivity (Wildman–Crippen MR) is 94.3 cm³/mol. The average Bonchev–Trinajstić information content (AvgIpc) is 3.40. The number of amides is 2. The number of carbonyl (C=O) groups excluding carboxylic acids is 2. The maximum atomic E-state index is 12.5. The van der Waals surface area contributed by atoms with Crippen LogP contribution in [-0.2, 0) is 4.79 Å². The second-order valence-corrected chi connectivity index (χ2v) is 7.36. The number of rotatable bonds is 6. The van der Waals surface area contributed by atoms with E-state index < -0.39 is 5.92 Å². The summed E-state index contributed by atoms with van der Waals surface area (Å²) in [6.45, 7) is 3.64. The van der Waals surface area contributed by atoms with E-state index in [4.69, 9.17) is 9.68 Å². The summed E-state index contributed by atoms with van der Waals surface area (Å²) < 4.78 is 5.66. The second-order valence-electron chi connectivity index (χ2n) is 7.36. The summed E-state index contributed by atoms with van der Waals surface area (Å²) in [7, 11) is 0. The molecule has 0 aromatic carbocycles. The number of oxazole rings is 1. The van der Waals surface area contributed by atoms with Gasteiger partial charge in [0.05, 0.1) is 11.8 Å². The zero-order valence-electron chi connectivity index (χ0n) is 15.4. The number of hydrogen-bond donors (Lipinski definition) is 2. The zero-order valence-corrected chi connectivity index (χ0v) is 15.4. The third-order valence-electron chi connectivity index (χ3n) is 5.24. The van der Waals surface area contributed by atoms with Crippen LogP contribution in [0.1, 0.15) is 79.9 Å². The molecule has 0 saturated heterocycles. The van der Waals surface area contributed by atoms with Gasteiger partial charge in [-0.2, -0.15) is 5.26 Å². The van der Waals surface area contributed by atoms with E-state index in [1.807, 2.05) is 13.0 Å². The Morgan fingerprint density at radius 3 is 2.35 bits per heavy atom. The molecular formula is C19H26N4O3. The number of nitriles is 1. The number of aryl methyl sites for hydroxylation is 1. The Labute approximate surface area is 153 Å². The minimum atomic E-state index is -0.581. The van der Waals surface area contributed by atoms with Crippen molar-refractivity contribution in [2.24, 2.45) is 5.92 Å². The van der Waals surface area contributed by atoms with E-state index in [-0.39, 0.29) is 23.9 Å². The minimum Gasteiger partial charge on any atom is -0.435 e. The van der Waals surface area contributed by atoms with Crippen molar-refractivity contribution in [3.8, 4) is 6.07 Å². The summed E-state index contributed by atoms with van der Waals surface area (Å²) in [5.74, 6) is 0.415. The van der Waals surface area contributed by atoms with Crippen LogP contribution in [0.3, 0.4) is 0 Å². The van der Waals surface area contributed by atoms with Crippen LogP contribution in [0.2, 0.25) is 0 Å². The Hall–Kier alpha value is -2.36. The quantitative estimate of drug-likeness (QED) is 0.812. The fourth-order valence-electron chi connectivity index (χ4n) is 3.40. The normalized spacial score (nSPS) is 23.7. The number of hydrogen-bond acceptors (Lipinski definition) is 5. The van der Waals surface area contributed by atoms with E-state index in [1.165, 1.54) is 0 Å². The number of carbonyl (C=O) groups is 2. The molecule has 1 unspecified atom stereocenters. The van der Waals surface area contributed by atoms with Crippen LogP contribution in [0.15, 0.2) is 4.42 Å². The van der Waals surface area contributed by atoms with Crippen molar-refractivity contribution in [1.82, 2.24) is 15.6 Å². The van der Waals surface area contributed by atoms with Gasteiger partial charge >= 0.3 is 0 Å². The molecule has 2 N–H and O–H groups in total. The van der Waals surface area contributed by atoms with Crippen molar-refractivity contribution in [2.75, 3.05) is 0 Å². The molecule has 0 spiro atoms.